The predicted octanol–water partition coefficient (Wildman–Crippen LogP) is 6.21. The second-order valence-electron chi connectivity index (χ2n) is 9.37. The first-order valence-electron chi connectivity index (χ1n) is 12.3. The predicted molar refractivity (Wildman–Crippen MR) is 153 cm³/mol. The van der Waals surface area contributed by atoms with Crippen LogP contribution in [-0.2, 0) is 17.8 Å². The second kappa shape index (κ2) is 13.6. The third-order valence-electron chi connectivity index (χ3n) is 6.06. The molecule has 2 aromatic carbocycles. The molecule has 37 heavy (non-hydrogen) atoms. The van der Waals surface area contributed by atoms with Gasteiger partial charge in [0, 0.05) is 28.0 Å². The van der Waals surface area contributed by atoms with Crippen LogP contribution in [0, 0.1) is 12.8 Å². The third kappa shape index (κ3) is 8.07. The van der Waals surface area contributed by atoms with Crippen molar-refractivity contribution in [1.82, 2.24) is 9.80 Å². The van der Waals surface area contributed by atoms with Crippen LogP contribution < -0.4 is 9.47 Å². The molecule has 1 heterocycles. The average molecular weight is 588 g/mol. The molecule has 0 aliphatic carbocycles. The van der Waals surface area contributed by atoms with Crippen LogP contribution in [0.15, 0.2) is 58.4 Å². The fourth-order valence-corrected chi connectivity index (χ4v) is 5.21. The van der Waals surface area contributed by atoms with Gasteiger partial charge in [0.05, 0.1) is 20.8 Å². The lowest BCUT2D eigenvalue weighted by molar-refractivity contribution is -0.132. The summed E-state index contributed by atoms with van der Waals surface area (Å²) in [5.41, 5.74) is 2.78. The van der Waals surface area contributed by atoms with Crippen LogP contribution in [0.1, 0.15) is 40.2 Å². The Bertz CT molecular complexity index is 1190. The van der Waals surface area contributed by atoms with Crippen molar-refractivity contribution in [3.63, 3.8) is 0 Å². The minimum absolute atomic E-state index is 0.0312. The highest BCUT2D eigenvalue weighted by molar-refractivity contribution is 9.10. The van der Waals surface area contributed by atoms with Crippen molar-refractivity contribution < 1.29 is 19.1 Å². The van der Waals surface area contributed by atoms with Gasteiger partial charge in [-0.15, -0.1) is 11.3 Å². The van der Waals surface area contributed by atoms with Crippen LogP contribution in [0.3, 0.4) is 0 Å². The maximum atomic E-state index is 13.7. The van der Waals surface area contributed by atoms with Gasteiger partial charge in [-0.25, -0.2) is 0 Å². The highest BCUT2D eigenvalue weighted by Gasteiger charge is 2.24. The zero-order chi connectivity index (χ0) is 26.9. The molecule has 0 aliphatic heterocycles. The van der Waals surface area contributed by atoms with Gasteiger partial charge in [0.25, 0.3) is 5.91 Å². The first-order valence-corrected chi connectivity index (χ1v) is 14.0. The lowest BCUT2D eigenvalue weighted by Gasteiger charge is -2.29. The summed E-state index contributed by atoms with van der Waals surface area (Å²) in [5.74, 6) is 1.35. The molecular weight excluding hydrogens is 552 g/mol. The monoisotopic (exact) mass is 586 g/mol. The first-order chi connectivity index (χ1) is 17.7. The van der Waals surface area contributed by atoms with Crippen molar-refractivity contribution in [3.8, 4) is 11.5 Å². The Balaban J connectivity index is 1.81. The Morgan fingerprint density at radius 3 is 2.27 bits per heavy atom. The molecule has 3 rings (SSSR count). The number of amides is 2. The molecule has 6 nitrogen and oxygen atoms in total. The molecule has 0 saturated heterocycles. The van der Waals surface area contributed by atoms with Gasteiger partial charge in [0.1, 0.15) is 6.54 Å². The van der Waals surface area contributed by atoms with Gasteiger partial charge in [-0.3, -0.25) is 9.59 Å². The molecule has 0 saturated carbocycles. The SMILES string of the molecule is COc1ccc(CCN(Cc2sccc2C)C(=O)CN(CC(C)C)C(=O)c2ccc(Br)cc2)cc1OC. The standard InChI is InChI=1S/C29H35BrN2O4S/c1-20(2)17-32(29(34)23-7-9-24(30)10-8-23)19-28(33)31(18-27-21(3)13-15-37-27)14-12-22-6-11-25(35-4)26(16-22)36-5/h6-11,13,15-16,20H,12,14,17-19H2,1-5H3. The van der Waals surface area contributed by atoms with E-state index in [1.165, 1.54) is 5.56 Å². The molecule has 8 heteroatoms. The van der Waals surface area contributed by atoms with Gasteiger partial charge in [-0.05, 0) is 78.2 Å². The van der Waals surface area contributed by atoms with Gasteiger partial charge in [0.15, 0.2) is 11.5 Å². The van der Waals surface area contributed by atoms with E-state index in [-0.39, 0.29) is 24.3 Å². The van der Waals surface area contributed by atoms with Gasteiger partial charge in [-0.1, -0.05) is 35.8 Å². The number of hydrogen-bond acceptors (Lipinski definition) is 5. The molecule has 3 aromatic rings. The number of carbonyl (C=O) groups is 2. The number of ether oxygens (including phenoxy) is 2. The van der Waals surface area contributed by atoms with E-state index < -0.39 is 0 Å². The van der Waals surface area contributed by atoms with Crippen molar-refractivity contribution in [2.75, 3.05) is 33.9 Å². The summed E-state index contributed by atoms with van der Waals surface area (Å²) >= 11 is 5.07. The fraction of sp³-hybridized carbons (Fsp3) is 0.379. The van der Waals surface area contributed by atoms with E-state index in [4.69, 9.17) is 9.47 Å². The lowest BCUT2D eigenvalue weighted by Crippen LogP contribution is -2.44. The van der Waals surface area contributed by atoms with E-state index in [1.807, 2.05) is 40.6 Å². The second-order valence-corrected chi connectivity index (χ2v) is 11.3. The highest BCUT2D eigenvalue weighted by atomic mass is 79.9. The lowest BCUT2D eigenvalue weighted by atomic mass is 10.1. The summed E-state index contributed by atoms with van der Waals surface area (Å²) < 4.78 is 11.7. The molecule has 0 fully saturated rings. The number of halogens is 1. The molecule has 1 aromatic heterocycles. The van der Waals surface area contributed by atoms with Gasteiger partial charge >= 0.3 is 0 Å². The van der Waals surface area contributed by atoms with Crippen molar-refractivity contribution in [1.29, 1.82) is 0 Å². The van der Waals surface area contributed by atoms with Crippen LogP contribution in [0.5, 0.6) is 11.5 Å². The summed E-state index contributed by atoms with van der Waals surface area (Å²) in [5, 5.41) is 2.05. The van der Waals surface area contributed by atoms with E-state index in [1.54, 1.807) is 42.6 Å². The van der Waals surface area contributed by atoms with E-state index in [0.29, 0.717) is 43.1 Å². The minimum atomic E-state index is -0.137. The molecule has 0 bridgehead atoms. The largest absolute Gasteiger partial charge is 0.493 e. The molecular formula is C29H35BrN2O4S. The summed E-state index contributed by atoms with van der Waals surface area (Å²) in [6.07, 6.45) is 0.654. The zero-order valence-corrected chi connectivity index (χ0v) is 24.5. The van der Waals surface area contributed by atoms with Crippen LogP contribution in [0.25, 0.3) is 0 Å². The van der Waals surface area contributed by atoms with E-state index in [9.17, 15) is 9.59 Å². The van der Waals surface area contributed by atoms with Crippen molar-refractivity contribution in [3.05, 3.63) is 80.0 Å². The van der Waals surface area contributed by atoms with Gasteiger partial charge < -0.3 is 19.3 Å². The van der Waals surface area contributed by atoms with Crippen LogP contribution >= 0.6 is 27.3 Å². The molecule has 0 unspecified atom stereocenters. The summed E-state index contributed by atoms with van der Waals surface area (Å²) in [6, 6.07) is 15.1. The van der Waals surface area contributed by atoms with Crippen molar-refractivity contribution in [2.24, 2.45) is 5.92 Å². The number of carbonyl (C=O) groups excluding carboxylic acids is 2. The van der Waals surface area contributed by atoms with E-state index in [2.05, 4.69) is 42.8 Å². The van der Waals surface area contributed by atoms with Crippen LogP contribution in [0.2, 0.25) is 0 Å². The van der Waals surface area contributed by atoms with Crippen molar-refractivity contribution in [2.45, 2.75) is 33.7 Å². The van der Waals surface area contributed by atoms with E-state index >= 15 is 0 Å². The Kier molecular flexibility index (Phi) is 10.6. The van der Waals surface area contributed by atoms with E-state index in [0.717, 1.165) is 14.9 Å². The Hall–Kier alpha value is -2.84. The van der Waals surface area contributed by atoms with Crippen LogP contribution in [-0.4, -0.2) is 55.5 Å². The Morgan fingerprint density at radius 2 is 1.68 bits per heavy atom. The first kappa shape index (κ1) is 28.7. The minimum Gasteiger partial charge on any atom is -0.493 e. The van der Waals surface area contributed by atoms with Crippen LogP contribution in [0.4, 0.5) is 0 Å². The normalized spacial score (nSPS) is 10.9. The summed E-state index contributed by atoms with van der Waals surface area (Å²) in [6.45, 7) is 7.73. The number of thiophene rings is 1. The smallest absolute Gasteiger partial charge is 0.254 e. The maximum Gasteiger partial charge on any atom is 0.254 e. The number of rotatable bonds is 12. The molecule has 0 aliphatic rings. The fourth-order valence-electron chi connectivity index (χ4n) is 4.03. The Labute approximate surface area is 232 Å². The summed E-state index contributed by atoms with van der Waals surface area (Å²) in [4.78, 5) is 31.7. The average Bonchev–Trinajstić information content (AvgIpc) is 3.29. The topological polar surface area (TPSA) is 59.1 Å². The number of methoxy groups -OCH3 is 2. The highest BCUT2D eigenvalue weighted by Crippen LogP contribution is 2.28. The zero-order valence-electron chi connectivity index (χ0n) is 22.1. The number of nitrogens with zero attached hydrogens (tertiary/aromatic N) is 2. The molecule has 0 N–H and O–H groups in total. The van der Waals surface area contributed by atoms with Gasteiger partial charge in [0.2, 0.25) is 5.91 Å². The molecule has 198 valence electrons. The number of hydrogen-bond donors (Lipinski definition) is 0. The number of aryl methyl sites for hydroxylation is 1. The van der Waals surface area contributed by atoms with Crippen molar-refractivity contribution >= 4 is 39.1 Å². The molecule has 0 spiro atoms. The molecule has 2 amide bonds. The number of benzene rings is 2. The quantitative estimate of drug-likeness (QED) is 0.253. The maximum absolute atomic E-state index is 13.7. The molecule has 0 radical (unpaired) electrons. The van der Waals surface area contributed by atoms with Gasteiger partial charge in [-0.2, -0.15) is 0 Å². The Morgan fingerprint density at radius 1 is 0.973 bits per heavy atom. The summed E-state index contributed by atoms with van der Waals surface area (Å²) in [7, 11) is 3.22. The third-order valence-corrected chi connectivity index (χ3v) is 7.60. The molecule has 0 atom stereocenters.